The largest absolute Gasteiger partial charge is 0.446 e. The Morgan fingerprint density at radius 2 is 1.78 bits per heavy atom. The van der Waals surface area contributed by atoms with Crippen molar-refractivity contribution in [1.82, 2.24) is 10.2 Å². The van der Waals surface area contributed by atoms with Crippen molar-refractivity contribution in [3.05, 3.63) is 58.3 Å². The summed E-state index contributed by atoms with van der Waals surface area (Å²) in [7, 11) is 0. The number of benzene rings is 1. The summed E-state index contributed by atoms with van der Waals surface area (Å²) in [5.74, 6) is -1.18. The van der Waals surface area contributed by atoms with Crippen molar-refractivity contribution in [3.8, 4) is 0 Å². The number of carbonyl (C=O) groups is 3. The summed E-state index contributed by atoms with van der Waals surface area (Å²) >= 11 is 1.29. The summed E-state index contributed by atoms with van der Waals surface area (Å²) in [4.78, 5) is 39.4. The number of esters is 1. The molecule has 142 valence electrons. The summed E-state index contributed by atoms with van der Waals surface area (Å²) in [6.45, 7) is 1.07. The third kappa shape index (κ3) is 5.17. The quantitative estimate of drug-likeness (QED) is 0.775. The van der Waals surface area contributed by atoms with Crippen LogP contribution in [0.1, 0.15) is 40.6 Å². The van der Waals surface area contributed by atoms with E-state index in [1.165, 1.54) is 11.3 Å². The molecule has 2 heterocycles. The van der Waals surface area contributed by atoms with E-state index in [0.29, 0.717) is 23.5 Å². The second-order valence-electron chi connectivity index (χ2n) is 6.33. The van der Waals surface area contributed by atoms with Crippen LogP contribution < -0.4 is 5.32 Å². The number of rotatable bonds is 6. The summed E-state index contributed by atoms with van der Waals surface area (Å²) in [6, 6.07) is 12.4. The van der Waals surface area contributed by atoms with Crippen LogP contribution in [0.4, 0.5) is 0 Å². The molecule has 1 aromatic carbocycles. The molecule has 1 saturated heterocycles. The first kappa shape index (κ1) is 19.1. The zero-order chi connectivity index (χ0) is 19.1. The molecule has 3 rings (SSSR count). The van der Waals surface area contributed by atoms with Crippen LogP contribution in [0.3, 0.4) is 0 Å². The van der Waals surface area contributed by atoms with E-state index in [-0.39, 0.29) is 18.4 Å². The number of nitrogens with zero attached hydrogens (tertiary/aromatic N) is 1. The molecule has 0 aliphatic carbocycles. The Balaban J connectivity index is 1.64. The van der Waals surface area contributed by atoms with E-state index >= 15 is 0 Å². The molecule has 0 unspecified atom stereocenters. The SMILES string of the molecule is O=C(CNC(=O)c1cccs1)O[C@H](C(=O)N1CCCCC1)c1ccccc1. The molecule has 2 aromatic rings. The van der Waals surface area contributed by atoms with Crippen LogP contribution in [0.15, 0.2) is 47.8 Å². The maximum Gasteiger partial charge on any atom is 0.326 e. The minimum Gasteiger partial charge on any atom is -0.446 e. The van der Waals surface area contributed by atoms with Crippen molar-refractivity contribution in [1.29, 1.82) is 0 Å². The van der Waals surface area contributed by atoms with Gasteiger partial charge in [-0.15, -0.1) is 11.3 Å². The number of hydrogen-bond donors (Lipinski definition) is 1. The standard InChI is InChI=1S/C20H22N2O4S/c23-17(14-21-19(24)16-10-7-13-27-16)26-18(15-8-3-1-4-9-15)20(25)22-11-5-2-6-12-22/h1,3-4,7-10,13,18H,2,5-6,11-12,14H2,(H,21,24)/t18-/m0/s1. The number of nitrogens with one attached hydrogen (secondary N) is 1. The molecule has 7 heteroatoms. The van der Waals surface area contributed by atoms with Crippen molar-refractivity contribution >= 4 is 29.1 Å². The second-order valence-corrected chi connectivity index (χ2v) is 7.27. The normalized spacial score (nSPS) is 15.0. The van der Waals surface area contributed by atoms with Crippen LogP contribution in [0.5, 0.6) is 0 Å². The summed E-state index contributed by atoms with van der Waals surface area (Å²) in [6.07, 6.45) is 2.03. The molecule has 0 saturated carbocycles. The van der Waals surface area contributed by atoms with E-state index < -0.39 is 12.1 Å². The molecular weight excluding hydrogens is 364 g/mol. The Hall–Kier alpha value is -2.67. The molecule has 1 N–H and O–H groups in total. The number of likely N-dealkylation sites (tertiary alicyclic amines) is 1. The van der Waals surface area contributed by atoms with Crippen LogP contribution in [0, 0.1) is 0 Å². The Bertz CT molecular complexity index is 771. The number of hydrogen-bond acceptors (Lipinski definition) is 5. The monoisotopic (exact) mass is 386 g/mol. The second kappa shape index (κ2) is 9.32. The van der Waals surface area contributed by atoms with Crippen LogP contribution in [-0.4, -0.2) is 42.3 Å². The van der Waals surface area contributed by atoms with Crippen LogP contribution in [0.25, 0.3) is 0 Å². The van der Waals surface area contributed by atoms with Crippen molar-refractivity contribution in [2.75, 3.05) is 19.6 Å². The third-order valence-electron chi connectivity index (χ3n) is 4.38. The van der Waals surface area contributed by atoms with Gasteiger partial charge in [0.2, 0.25) is 6.10 Å². The van der Waals surface area contributed by atoms with E-state index in [0.717, 1.165) is 19.3 Å². The van der Waals surface area contributed by atoms with Gasteiger partial charge in [-0.3, -0.25) is 14.4 Å². The molecule has 27 heavy (non-hydrogen) atoms. The predicted octanol–water partition coefficient (Wildman–Crippen LogP) is 2.77. The Morgan fingerprint density at radius 3 is 2.44 bits per heavy atom. The summed E-state index contributed by atoms with van der Waals surface area (Å²) in [5, 5.41) is 4.32. The maximum absolute atomic E-state index is 12.9. The smallest absolute Gasteiger partial charge is 0.326 e. The van der Waals surface area contributed by atoms with E-state index in [1.54, 1.807) is 46.7 Å². The van der Waals surface area contributed by atoms with E-state index in [2.05, 4.69) is 5.32 Å². The van der Waals surface area contributed by atoms with Gasteiger partial charge in [0.25, 0.3) is 11.8 Å². The molecule has 0 radical (unpaired) electrons. The van der Waals surface area contributed by atoms with Gasteiger partial charge in [-0.25, -0.2) is 0 Å². The van der Waals surface area contributed by atoms with Crippen LogP contribution in [0.2, 0.25) is 0 Å². The minimum absolute atomic E-state index is 0.209. The van der Waals surface area contributed by atoms with Gasteiger partial charge in [0, 0.05) is 18.7 Å². The van der Waals surface area contributed by atoms with E-state index in [1.807, 2.05) is 6.07 Å². The van der Waals surface area contributed by atoms with Crippen LogP contribution >= 0.6 is 11.3 Å². The van der Waals surface area contributed by atoms with E-state index in [4.69, 9.17) is 4.74 Å². The molecule has 6 nitrogen and oxygen atoms in total. The highest BCUT2D eigenvalue weighted by Gasteiger charge is 2.30. The lowest BCUT2D eigenvalue weighted by Crippen LogP contribution is -2.41. The number of thiophene rings is 1. The molecule has 1 fully saturated rings. The van der Waals surface area contributed by atoms with Gasteiger partial charge in [0.05, 0.1) is 4.88 Å². The first-order valence-corrected chi connectivity index (χ1v) is 9.88. The average Bonchev–Trinajstić information content (AvgIpc) is 3.26. The van der Waals surface area contributed by atoms with Gasteiger partial charge >= 0.3 is 5.97 Å². The first-order valence-electron chi connectivity index (χ1n) is 9.00. The van der Waals surface area contributed by atoms with Gasteiger partial charge in [-0.2, -0.15) is 0 Å². The molecule has 0 bridgehead atoms. The lowest BCUT2D eigenvalue weighted by molar-refractivity contribution is -0.160. The van der Waals surface area contributed by atoms with Gasteiger partial charge in [-0.1, -0.05) is 36.4 Å². The number of amides is 2. The van der Waals surface area contributed by atoms with E-state index in [9.17, 15) is 14.4 Å². The van der Waals surface area contributed by atoms with Crippen molar-refractivity contribution in [2.45, 2.75) is 25.4 Å². The Labute approximate surface area is 162 Å². The fourth-order valence-electron chi connectivity index (χ4n) is 2.99. The summed E-state index contributed by atoms with van der Waals surface area (Å²) < 4.78 is 5.48. The lowest BCUT2D eigenvalue weighted by atomic mass is 10.1. The van der Waals surface area contributed by atoms with Crippen molar-refractivity contribution < 1.29 is 19.1 Å². The zero-order valence-corrected chi connectivity index (χ0v) is 15.7. The predicted molar refractivity (Wildman–Crippen MR) is 102 cm³/mol. The highest BCUT2D eigenvalue weighted by molar-refractivity contribution is 7.12. The fraction of sp³-hybridized carbons (Fsp3) is 0.350. The third-order valence-corrected chi connectivity index (χ3v) is 5.25. The number of carbonyl (C=O) groups excluding carboxylic acids is 3. The summed E-state index contributed by atoms with van der Waals surface area (Å²) in [5.41, 5.74) is 0.631. The van der Waals surface area contributed by atoms with Crippen LogP contribution in [-0.2, 0) is 14.3 Å². The molecule has 1 aliphatic heterocycles. The first-order chi connectivity index (χ1) is 13.1. The molecular formula is C20H22N2O4S. The molecule has 0 spiro atoms. The van der Waals surface area contributed by atoms with Gasteiger partial charge in [0.1, 0.15) is 6.54 Å². The fourth-order valence-corrected chi connectivity index (χ4v) is 3.63. The highest BCUT2D eigenvalue weighted by atomic mass is 32.1. The van der Waals surface area contributed by atoms with Crippen molar-refractivity contribution in [2.24, 2.45) is 0 Å². The minimum atomic E-state index is -0.990. The van der Waals surface area contributed by atoms with Gasteiger partial charge < -0.3 is 15.0 Å². The highest BCUT2D eigenvalue weighted by Crippen LogP contribution is 2.22. The average molecular weight is 386 g/mol. The molecule has 2 amide bonds. The van der Waals surface area contributed by atoms with Gasteiger partial charge in [-0.05, 0) is 30.7 Å². The topological polar surface area (TPSA) is 75.7 Å². The molecule has 1 aromatic heterocycles. The Morgan fingerprint density at radius 1 is 1.04 bits per heavy atom. The molecule has 1 aliphatic rings. The molecule has 1 atom stereocenters. The van der Waals surface area contributed by atoms with Gasteiger partial charge in [0.15, 0.2) is 0 Å². The lowest BCUT2D eigenvalue weighted by Gasteiger charge is -2.30. The number of ether oxygens (including phenoxy) is 1. The van der Waals surface area contributed by atoms with Crippen molar-refractivity contribution in [3.63, 3.8) is 0 Å². The number of piperidine rings is 1. The zero-order valence-electron chi connectivity index (χ0n) is 14.9. The maximum atomic E-state index is 12.9. The Kier molecular flexibility index (Phi) is 6.59.